The van der Waals surface area contributed by atoms with Crippen molar-refractivity contribution >= 4 is 0 Å². The molecule has 290 valence electrons. The fraction of sp³-hybridized carbons (Fsp3) is 0.0179. The van der Waals surface area contributed by atoms with Crippen molar-refractivity contribution in [3.05, 3.63) is 235 Å². The molecule has 5 heterocycles. The van der Waals surface area contributed by atoms with Gasteiger partial charge >= 0.3 is 0 Å². The van der Waals surface area contributed by atoms with Crippen LogP contribution >= 0.6 is 0 Å². The first-order chi connectivity index (χ1) is 30.7. The van der Waals surface area contributed by atoms with Crippen LogP contribution in [0.25, 0.3) is 78.7 Å². The van der Waals surface area contributed by atoms with Gasteiger partial charge in [0.2, 0.25) is 0 Å². The topological polar surface area (TPSA) is 73.7 Å². The average Bonchev–Trinajstić information content (AvgIpc) is 3.65. The summed E-state index contributed by atoms with van der Waals surface area (Å²) in [5.74, 6) is 2.25. The summed E-state index contributed by atoms with van der Waals surface area (Å²) in [6.45, 7) is 0. The van der Waals surface area contributed by atoms with Gasteiger partial charge in [-0.1, -0.05) is 115 Å². The minimum Gasteiger partial charge on any atom is -0.457 e. The van der Waals surface area contributed by atoms with E-state index in [1.54, 1.807) is 0 Å². The molecule has 0 atom stereocenters. The number of hydrogen-bond acceptors (Lipinski definition) is 6. The lowest BCUT2D eigenvalue weighted by Gasteiger charge is -2.40. The minimum atomic E-state index is -0.726. The Kier molecular flexibility index (Phi) is 8.28. The normalized spacial score (nSPS) is 12.8. The van der Waals surface area contributed by atoms with Crippen molar-refractivity contribution < 1.29 is 4.74 Å². The zero-order valence-corrected chi connectivity index (χ0v) is 33.4. The summed E-state index contributed by atoms with van der Waals surface area (Å²) in [6, 6.07) is 65.7. The second kappa shape index (κ2) is 14.4. The molecule has 6 nitrogen and oxygen atoms in total. The number of aromatic nitrogens is 5. The Hall–Kier alpha value is -8.35. The first-order valence-corrected chi connectivity index (χ1v) is 20.7. The minimum absolute atomic E-state index is 0.645. The molecular weight excluding hydrogens is 759 g/mol. The van der Waals surface area contributed by atoms with Gasteiger partial charge in [-0.05, 0) is 106 Å². The van der Waals surface area contributed by atoms with Crippen LogP contribution in [0.2, 0.25) is 0 Å². The number of benzene rings is 6. The van der Waals surface area contributed by atoms with Gasteiger partial charge in [0.15, 0.2) is 5.82 Å². The first kappa shape index (κ1) is 35.6. The molecule has 0 N–H and O–H groups in total. The van der Waals surface area contributed by atoms with Crippen LogP contribution in [0.1, 0.15) is 22.3 Å². The SMILES string of the molecule is c1ccc(-c2cc(-c3ccccc3)nc(-c3ccc4c(c3)C3(c5cc(-c6cc(-c7ccncc7)nc(-c7ccncc7)c6)ccc5O4)c4ccccc4-c4ccccc43)n2)cc1. The van der Waals surface area contributed by atoms with Crippen LogP contribution in [0.3, 0.4) is 0 Å². The van der Waals surface area contributed by atoms with Crippen LogP contribution in [0.15, 0.2) is 213 Å². The van der Waals surface area contributed by atoms with Crippen molar-refractivity contribution in [3.8, 4) is 90.2 Å². The van der Waals surface area contributed by atoms with Crippen LogP contribution in [0.5, 0.6) is 11.5 Å². The standard InChI is InChI=1S/C56H35N5O/c1-3-11-36(12-4-1)51-35-52(37-13-5-2-6-14-37)61-55(60-51)41-20-22-54-48(32-41)56(45-17-9-7-15-43(45)44-16-8-10-18-46(44)56)47-31-40(19-21-53(47)62-54)42-33-49(38-23-27-57-28-24-38)59-50(34-42)39-25-29-58-30-26-39/h1-35H. The Morgan fingerprint density at radius 2 is 0.742 bits per heavy atom. The van der Waals surface area contributed by atoms with Gasteiger partial charge in [0.25, 0.3) is 0 Å². The molecule has 0 fully saturated rings. The van der Waals surface area contributed by atoms with E-state index in [-0.39, 0.29) is 0 Å². The Labute approximate surface area is 359 Å². The summed E-state index contributed by atoms with van der Waals surface area (Å²) in [4.78, 5) is 24.2. The van der Waals surface area contributed by atoms with Crippen LogP contribution in [0, 0.1) is 0 Å². The quantitative estimate of drug-likeness (QED) is 0.167. The van der Waals surface area contributed by atoms with Crippen molar-refractivity contribution in [1.29, 1.82) is 0 Å². The molecule has 1 aliphatic carbocycles. The molecule has 4 aromatic heterocycles. The van der Waals surface area contributed by atoms with Gasteiger partial charge in [0, 0.05) is 63.7 Å². The lowest BCUT2D eigenvalue weighted by molar-refractivity contribution is 0.436. The molecule has 0 radical (unpaired) electrons. The van der Waals surface area contributed by atoms with Gasteiger partial charge < -0.3 is 4.74 Å². The summed E-state index contributed by atoms with van der Waals surface area (Å²) in [5, 5.41) is 0. The molecule has 1 spiro atoms. The van der Waals surface area contributed by atoms with E-state index < -0.39 is 5.41 Å². The molecule has 0 saturated carbocycles. The zero-order chi connectivity index (χ0) is 41.0. The Morgan fingerprint density at radius 3 is 1.27 bits per heavy atom. The van der Waals surface area contributed by atoms with E-state index in [1.165, 1.54) is 22.3 Å². The number of pyridine rings is 3. The van der Waals surface area contributed by atoms with Crippen molar-refractivity contribution in [1.82, 2.24) is 24.9 Å². The molecule has 0 amide bonds. The molecule has 6 heteroatoms. The van der Waals surface area contributed by atoms with E-state index >= 15 is 0 Å². The molecule has 62 heavy (non-hydrogen) atoms. The van der Waals surface area contributed by atoms with Crippen molar-refractivity contribution in [3.63, 3.8) is 0 Å². The number of hydrogen-bond donors (Lipinski definition) is 0. The predicted molar refractivity (Wildman–Crippen MR) is 245 cm³/mol. The molecule has 1 aliphatic heterocycles. The van der Waals surface area contributed by atoms with Gasteiger partial charge in [-0.15, -0.1) is 0 Å². The maximum absolute atomic E-state index is 6.98. The third-order valence-electron chi connectivity index (χ3n) is 12.2. The molecule has 12 rings (SSSR count). The number of nitrogens with zero attached hydrogens (tertiary/aromatic N) is 5. The van der Waals surface area contributed by atoms with Crippen LogP contribution in [-0.4, -0.2) is 24.9 Å². The van der Waals surface area contributed by atoms with E-state index in [9.17, 15) is 0 Å². The van der Waals surface area contributed by atoms with Crippen molar-refractivity contribution in [2.24, 2.45) is 0 Å². The van der Waals surface area contributed by atoms with E-state index in [0.29, 0.717) is 5.82 Å². The highest BCUT2D eigenvalue weighted by Gasteiger charge is 2.51. The number of rotatable bonds is 6. The van der Waals surface area contributed by atoms with Gasteiger partial charge in [0.1, 0.15) is 11.5 Å². The smallest absolute Gasteiger partial charge is 0.160 e. The van der Waals surface area contributed by atoms with E-state index in [1.807, 2.05) is 85.5 Å². The second-order valence-electron chi connectivity index (χ2n) is 15.7. The lowest BCUT2D eigenvalue weighted by atomic mass is 9.65. The van der Waals surface area contributed by atoms with Crippen molar-refractivity contribution in [2.45, 2.75) is 5.41 Å². The molecule has 6 aromatic carbocycles. The highest BCUT2D eigenvalue weighted by Crippen LogP contribution is 2.62. The third kappa shape index (κ3) is 5.76. The second-order valence-corrected chi connectivity index (χ2v) is 15.7. The highest BCUT2D eigenvalue weighted by molar-refractivity contribution is 5.90. The Morgan fingerprint density at radius 1 is 0.306 bits per heavy atom. The molecular formula is C56H35N5O. The van der Waals surface area contributed by atoms with E-state index in [4.69, 9.17) is 19.7 Å². The Bertz CT molecular complexity index is 2980. The largest absolute Gasteiger partial charge is 0.457 e. The highest BCUT2D eigenvalue weighted by atomic mass is 16.5. The summed E-state index contributed by atoms with van der Waals surface area (Å²) >= 11 is 0. The van der Waals surface area contributed by atoms with Gasteiger partial charge in [-0.3, -0.25) is 9.97 Å². The molecule has 0 unspecified atom stereocenters. The first-order valence-electron chi connectivity index (χ1n) is 20.7. The Balaban J connectivity index is 1.10. The van der Waals surface area contributed by atoms with Gasteiger partial charge in [-0.2, -0.15) is 0 Å². The predicted octanol–water partition coefficient (Wildman–Crippen LogP) is 13.1. The molecule has 0 saturated heterocycles. The number of fused-ring (bicyclic) bond motifs is 9. The van der Waals surface area contributed by atoms with Crippen LogP contribution in [-0.2, 0) is 5.41 Å². The van der Waals surface area contributed by atoms with E-state index in [2.05, 4.69) is 137 Å². The summed E-state index contributed by atoms with van der Waals surface area (Å²) in [5.41, 5.74) is 16.7. The summed E-state index contributed by atoms with van der Waals surface area (Å²) in [6.07, 6.45) is 7.23. The van der Waals surface area contributed by atoms with Crippen LogP contribution < -0.4 is 4.74 Å². The fourth-order valence-corrected chi connectivity index (χ4v) is 9.35. The van der Waals surface area contributed by atoms with E-state index in [0.717, 1.165) is 84.3 Å². The molecule has 2 aliphatic rings. The third-order valence-corrected chi connectivity index (χ3v) is 12.2. The lowest BCUT2D eigenvalue weighted by Crippen LogP contribution is -2.32. The number of ether oxygens (including phenoxy) is 1. The maximum Gasteiger partial charge on any atom is 0.160 e. The average molecular weight is 794 g/mol. The monoisotopic (exact) mass is 793 g/mol. The molecule has 10 aromatic rings. The fourth-order valence-electron chi connectivity index (χ4n) is 9.35. The zero-order valence-electron chi connectivity index (χ0n) is 33.4. The van der Waals surface area contributed by atoms with Crippen molar-refractivity contribution in [2.75, 3.05) is 0 Å². The summed E-state index contributed by atoms with van der Waals surface area (Å²) in [7, 11) is 0. The van der Waals surface area contributed by atoms with Gasteiger partial charge in [-0.25, -0.2) is 15.0 Å². The molecule has 0 bridgehead atoms. The van der Waals surface area contributed by atoms with Gasteiger partial charge in [0.05, 0.1) is 28.2 Å². The maximum atomic E-state index is 6.98. The van der Waals surface area contributed by atoms with Crippen LogP contribution in [0.4, 0.5) is 0 Å². The summed E-state index contributed by atoms with van der Waals surface area (Å²) < 4.78 is 6.98.